The second-order valence-corrected chi connectivity index (χ2v) is 4.36. The van der Waals surface area contributed by atoms with E-state index in [0.29, 0.717) is 16.6 Å². The van der Waals surface area contributed by atoms with Gasteiger partial charge in [-0.2, -0.15) is 4.37 Å². The van der Waals surface area contributed by atoms with Gasteiger partial charge in [-0.15, -0.1) is 0 Å². The van der Waals surface area contributed by atoms with E-state index in [-0.39, 0.29) is 5.56 Å². The number of nitrogens with zero attached hydrogens (tertiary/aromatic N) is 2. The summed E-state index contributed by atoms with van der Waals surface area (Å²) in [7, 11) is 0. The quantitative estimate of drug-likeness (QED) is 0.874. The molecule has 0 aliphatic carbocycles. The highest BCUT2D eigenvalue weighted by Gasteiger charge is 2.08. The lowest BCUT2D eigenvalue weighted by Crippen LogP contribution is -2.01. The maximum atomic E-state index is 11.0. The molecular formula is C11H11N3O2S. The monoisotopic (exact) mass is 249 g/mol. The van der Waals surface area contributed by atoms with E-state index in [1.54, 1.807) is 26.0 Å². The Kier molecular flexibility index (Phi) is 3.06. The molecule has 5 nitrogen and oxygen atoms in total. The summed E-state index contributed by atoms with van der Waals surface area (Å²) in [6.07, 6.45) is 0. The van der Waals surface area contributed by atoms with Crippen LogP contribution in [0.4, 0.5) is 10.8 Å². The van der Waals surface area contributed by atoms with E-state index < -0.39 is 5.97 Å². The first-order valence-corrected chi connectivity index (χ1v) is 5.75. The van der Waals surface area contributed by atoms with Crippen molar-refractivity contribution in [3.8, 4) is 0 Å². The van der Waals surface area contributed by atoms with Crippen LogP contribution < -0.4 is 5.32 Å². The van der Waals surface area contributed by atoms with Crippen molar-refractivity contribution < 1.29 is 9.90 Å². The lowest BCUT2D eigenvalue weighted by molar-refractivity contribution is 0.0696. The molecule has 0 amide bonds. The van der Waals surface area contributed by atoms with Gasteiger partial charge in [0.25, 0.3) is 0 Å². The fourth-order valence-electron chi connectivity index (χ4n) is 1.40. The first-order valence-electron chi connectivity index (χ1n) is 4.97. The minimum absolute atomic E-state index is 0.288. The molecule has 0 radical (unpaired) electrons. The van der Waals surface area contributed by atoms with Crippen LogP contribution in [0, 0.1) is 13.8 Å². The largest absolute Gasteiger partial charge is 0.478 e. The van der Waals surface area contributed by atoms with Gasteiger partial charge in [0.15, 0.2) is 0 Å². The highest BCUT2D eigenvalue weighted by molar-refractivity contribution is 7.09. The summed E-state index contributed by atoms with van der Waals surface area (Å²) >= 11 is 1.24. The van der Waals surface area contributed by atoms with Gasteiger partial charge in [0.05, 0.1) is 5.56 Å². The van der Waals surface area contributed by atoms with Crippen LogP contribution in [-0.4, -0.2) is 20.4 Å². The van der Waals surface area contributed by atoms with Gasteiger partial charge < -0.3 is 10.4 Å². The number of hydrogen-bond donors (Lipinski definition) is 2. The molecule has 6 heteroatoms. The topological polar surface area (TPSA) is 75.1 Å². The van der Waals surface area contributed by atoms with Gasteiger partial charge in [-0.3, -0.25) is 0 Å². The summed E-state index contributed by atoms with van der Waals surface area (Å²) in [4.78, 5) is 15.1. The molecular weight excluding hydrogens is 238 g/mol. The average molecular weight is 249 g/mol. The third kappa shape index (κ3) is 2.59. The lowest BCUT2D eigenvalue weighted by Gasteiger charge is -2.05. The van der Waals surface area contributed by atoms with E-state index in [2.05, 4.69) is 14.7 Å². The number of carbonyl (C=O) groups is 1. The van der Waals surface area contributed by atoms with Crippen molar-refractivity contribution in [3.63, 3.8) is 0 Å². The molecule has 0 saturated heterocycles. The predicted octanol–water partition coefficient (Wildman–Crippen LogP) is 2.60. The fraction of sp³-hybridized carbons (Fsp3) is 0.182. The van der Waals surface area contributed by atoms with Crippen molar-refractivity contribution in [3.05, 3.63) is 35.2 Å². The van der Waals surface area contributed by atoms with Crippen molar-refractivity contribution in [2.75, 3.05) is 5.32 Å². The summed E-state index contributed by atoms with van der Waals surface area (Å²) < 4.78 is 4.04. The van der Waals surface area contributed by atoms with Gasteiger partial charge in [0, 0.05) is 17.2 Å². The molecule has 0 unspecified atom stereocenters. The van der Waals surface area contributed by atoms with E-state index >= 15 is 0 Å². The van der Waals surface area contributed by atoms with Crippen molar-refractivity contribution >= 4 is 28.3 Å². The summed E-state index contributed by atoms with van der Waals surface area (Å²) in [6.45, 7) is 3.57. The van der Waals surface area contributed by atoms with Crippen LogP contribution in [0.5, 0.6) is 0 Å². The molecule has 1 heterocycles. The van der Waals surface area contributed by atoms with Crippen LogP contribution in [-0.2, 0) is 0 Å². The Morgan fingerprint density at radius 2 is 2.18 bits per heavy atom. The van der Waals surface area contributed by atoms with Crippen LogP contribution >= 0.6 is 11.5 Å². The zero-order chi connectivity index (χ0) is 12.4. The molecule has 2 N–H and O–H groups in total. The first kappa shape index (κ1) is 11.5. The van der Waals surface area contributed by atoms with E-state index in [9.17, 15) is 4.79 Å². The van der Waals surface area contributed by atoms with Crippen molar-refractivity contribution in [2.45, 2.75) is 13.8 Å². The number of aryl methyl sites for hydroxylation is 2. The molecule has 0 spiro atoms. The van der Waals surface area contributed by atoms with Crippen LogP contribution in [0.2, 0.25) is 0 Å². The summed E-state index contributed by atoms with van der Waals surface area (Å²) in [5.41, 5.74) is 1.72. The number of aromatic nitrogens is 2. The molecule has 0 fully saturated rings. The molecule has 0 atom stereocenters. The number of benzene rings is 1. The molecule has 1 aromatic carbocycles. The van der Waals surface area contributed by atoms with E-state index in [4.69, 9.17) is 5.11 Å². The minimum atomic E-state index is -0.931. The first-order chi connectivity index (χ1) is 8.06. The standard InChI is InChI=1S/C11H11N3O2S/c1-6-3-4-8(5-9(6)10(15)16)13-11-12-7(2)14-17-11/h3-5H,1-2H3,(H,15,16)(H,12,13,14). The van der Waals surface area contributed by atoms with E-state index in [0.717, 1.165) is 5.56 Å². The van der Waals surface area contributed by atoms with Crippen molar-refractivity contribution in [2.24, 2.45) is 0 Å². The van der Waals surface area contributed by atoms with Crippen LogP contribution in [0.25, 0.3) is 0 Å². The molecule has 17 heavy (non-hydrogen) atoms. The zero-order valence-corrected chi connectivity index (χ0v) is 10.2. The second-order valence-electron chi connectivity index (χ2n) is 3.61. The Hall–Kier alpha value is -1.95. The highest BCUT2D eigenvalue weighted by Crippen LogP contribution is 2.21. The predicted molar refractivity (Wildman–Crippen MR) is 66.1 cm³/mol. The molecule has 2 rings (SSSR count). The van der Waals surface area contributed by atoms with Gasteiger partial charge in [0.1, 0.15) is 5.82 Å². The lowest BCUT2D eigenvalue weighted by atomic mass is 10.1. The maximum absolute atomic E-state index is 11.0. The molecule has 2 aromatic rings. The van der Waals surface area contributed by atoms with Crippen molar-refractivity contribution in [1.29, 1.82) is 0 Å². The van der Waals surface area contributed by atoms with Gasteiger partial charge in [0.2, 0.25) is 5.13 Å². The molecule has 0 saturated carbocycles. The van der Waals surface area contributed by atoms with Gasteiger partial charge in [-0.05, 0) is 31.5 Å². The Balaban J connectivity index is 2.28. The molecule has 0 aliphatic heterocycles. The molecule has 0 aliphatic rings. The number of nitrogens with one attached hydrogen (secondary N) is 1. The Morgan fingerprint density at radius 3 is 2.76 bits per heavy atom. The Labute approximate surface area is 102 Å². The third-order valence-corrected chi connectivity index (χ3v) is 2.97. The fourth-order valence-corrected chi connectivity index (χ4v) is 2.00. The summed E-state index contributed by atoms with van der Waals surface area (Å²) in [5, 5.41) is 12.7. The van der Waals surface area contributed by atoms with Gasteiger partial charge in [-0.25, -0.2) is 9.78 Å². The number of hydrogen-bond acceptors (Lipinski definition) is 5. The number of carboxylic acid groups (broad SMARTS) is 1. The highest BCUT2D eigenvalue weighted by atomic mass is 32.1. The van der Waals surface area contributed by atoms with Crippen LogP contribution in [0.1, 0.15) is 21.7 Å². The molecule has 0 bridgehead atoms. The third-order valence-electron chi connectivity index (χ3n) is 2.25. The minimum Gasteiger partial charge on any atom is -0.478 e. The summed E-state index contributed by atoms with van der Waals surface area (Å²) in [6, 6.07) is 5.17. The smallest absolute Gasteiger partial charge is 0.336 e. The SMILES string of the molecule is Cc1nsc(Nc2ccc(C)c(C(=O)O)c2)n1. The number of aromatic carboxylic acids is 1. The second kappa shape index (κ2) is 4.50. The zero-order valence-electron chi connectivity index (χ0n) is 9.39. The molecule has 88 valence electrons. The van der Waals surface area contributed by atoms with E-state index in [1.165, 1.54) is 11.5 Å². The number of carboxylic acids is 1. The van der Waals surface area contributed by atoms with Crippen LogP contribution in [0.3, 0.4) is 0 Å². The van der Waals surface area contributed by atoms with Crippen LogP contribution in [0.15, 0.2) is 18.2 Å². The molecule has 1 aromatic heterocycles. The van der Waals surface area contributed by atoms with Gasteiger partial charge in [-0.1, -0.05) is 6.07 Å². The Morgan fingerprint density at radius 1 is 1.41 bits per heavy atom. The number of rotatable bonds is 3. The normalized spacial score (nSPS) is 10.2. The maximum Gasteiger partial charge on any atom is 0.336 e. The van der Waals surface area contributed by atoms with E-state index in [1.807, 2.05) is 6.07 Å². The number of anilines is 2. The van der Waals surface area contributed by atoms with Crippen molar-refractivity contribution in [1.82, 2.24) is 9.36 Å². The average Bonchev–Trinajstić information content (AvgIpc) is 2.66. The Bertz CT molecular complexity index is 566. The summed E-state index contributed by atoms with van der Waals surface area (Å²) in [5.74, 6) is -0.234. The van der Waals surface area contributed by atoms with Gasteiger partial charge >= 0.3 is 5.97 Å².